The first-order chi connectivity index (χ1) is 10.00. The van der Waals surface area contributed by atoms with E-state index in [1.54, 1.807) is 20.3 Å². The van der Waals surface area contributed by atoms with Crippen molar-refractivity contribution in [1.82, 2.24) is 5.32 Å². The van der Waals surface area contributed by atoms with Crippen LogP contribution in [-0.4, -0.2) is 44.1 Å². The lowest BCUT2D eigenvalue weighted by Gasteiger charge is -2.30. The van der Waals surface area contributed by atoms with Crippen LogP contribution in [0.25, 0.3) is 0 Å². The van der Waals surface area contributed by atoms with Crippen molar-refractivity contribution < 1.29 is 19.3 Å². The maximum Gasteiger partial charge on any atom is 0.124 e. The van der Waals surface area contributed by atoms with Crippen LogP contribution >= 0.6 is 0 Å². The van der Waals surface area contributed by atoms with Gasteiger partial charge in [-0.1, -0.05) is 0 Å². The van der Waals surface area contributed by atoms with Gasteiger partial charge < -0.3 is 24.6 Å². The molecule has 0 radical (unpaired) electrons. The first-order valence-corrected chi connectivity index (χ1v) is 7.27. The van der Waals surface area contributed by atoms with Gasteiger partial charge >= 0.3 is 0 Å². The molecule has 0 aromatic heterocycles. The maximum absolute atomic E-state index is 10.5. The summed E-state index contributed by atoms with van der Waals surface area (Å²) >= 11 is 0. The number of hydrogen-bond donors (Lipinski definition) is 2. The lowest BCUT2D eigenvalue weighted by atomic mass is 9.94. The molecule has 1 fully saturated rings. The molecule has 21 heavy (non-hydrogen) atoms. The fourth-order valence-corrected chi connectivity index (χ4v) is 2.61. The fourth-order valence-electron chi connectivity index (χ4n) is 2.61. The molecule has 3 atom stereocenters. The van der Waals surface area contributed by atoms with Crippen molar-refractivity contribution in [3.63, 3.8) is 0 Å². The van der Waals surface area contributed by atoms with E-state index in [2.05, 4.69) is 19.2 Å². The highest BCUT2D eigenvalue weighted by Crippen LogP contribution is 2.30. The summed E-state index contributed by atoms with van der Waals surface area (Å²) in [7, 11) is 3.20. The van der Waals surface area contributed by atoms with Gasteiger partial charge in [0, 0.05) is 24.3 Å². The summed E-state index contributed by atoms with van der Waals surface area (Å²) in [6.07, 6.45) is 0.410. The number of aliphatic hydroxyl groups is 1. The van der Waals surface area contributed by atoms with Gasteiger partial charge in [-0.3, -0.25) is 0 Å². The lowest BCUT2D eigenvalue weighted by molar-refractivity contribution is 0.0797. The molecule has 2 rings (SSSR count). The molecule has 5 nitrogen and oxygen atoms in total. The van der Waals surface area contributed by atoms with Crippen molar-refractivity contribution in [2.24, 2.45) is 0 Å². The Labute approximate surface area is 126 Å². The molecule has 0 saturated carbocycles. The van der Waals surface area contributed by atoms with Crippen molar-refractivity contribution in [2.45, 2.75) is 38.0 Å². The Balaban J connectivity index is 2.07. The molecule has 0 spiro atoms. The molecule has 1 aliphatic rings. The van der Waals surface area contributed by atoms with Crippen LogP contribution < -0.4 is 14.8 Å². The molecule has 1 aliphatic heterocycles. The Morgan fingerprint density at radius 2 is 2.19 bits per heavy atom. The number of ether oxygens (including phenoxy) is 3. The monoisotopic (exact) mass is 295 g/mol. The standard InChI is InChI=1S/C16H25NO4/c1-11-16(2,7-8-21-11)17-10-14(18)13-9-12(19-3)5-6-15(13)20-4/h5-6,9,11,14,17-18H,7-8,10H2,1-4H3. The Kier molecular flexibility index (Phi) is 5.08. The van der Waals surface area contributed by atoms with Crippen LogP contribution in [0.15, 0.2) is 18.2 Å². The molecule has 2 N–H and O–H groups in total. The van der Waals surface area contributed by atoms with E-state index in [1.807, 2.05) is 12.1 Å². The second-order valence-corrected chi connectivity index (χ2v) is 5.69. The predicted molar refractivity (Wildman–Crippen MR) is 80.9 cm³/mol. The van der Waals surface area contributed by atoms with Crippen molar-refractivity contribution >= 4 is 0 Å². The minimum absolute atomic E-state index is 0.104. The van der Waals surface area contributed by atoms with E-state index in [0.717, 1.165) is 18.6 Å². The summed E-state index contributed by atoms with van der Waals surface area (Å²) in [4.78, 5) is 0. The zero-order valence-electron chi connectivity index (χ0n) is 13.2. The third kappa shape index (κ3) is 3.48. The third-order valence-corrected chi connectivity index (χ3v) is 4.38. The first-order valence-electron chi connectivity index (χ1n) is 7.27. The van der Waals surface area contributed by atoms with Crippen LogP contribution in [0.3, 0.4) is 0 Å². The van der Waals surface area contributed by atoms with Crippen molar-refractivity contribution in [2.75, 3.05) is 27.4 Å². The second-order valence-electron chi connectivity index (χ2n) is 5.69. The number of methoxy groups -OCH3 is 2. The number of nitrogens with one attached hydrogen (secondary N) is 1. The van der Waals surface area contributed by atoms with E-state index in [1.165, 1.54) is 0 Å². The minimum atomic E-state index is -0.667. The molecule has 0 aliphatic carbocycles. The Hall–Kier alpha value is -1.30. The molecule has 1 heterocycles. The lowest BCUT2D eigenvalue weighted by Crippen LogP contribution is -2.49. The maximum atomic E-state index is 10.5. The number of hydrogen-bond acceptors (Lipinski definition) is 5. The summed E-state index contributed by atoms with van der Waals surface area (Å²) in [5.41, 5.74) is 0.618. The molecule has 0 amide bonds. The Bertz CT molecular complexity index is 479. The van der Waals surface area contributed by atoms with Crippen LogP contribution in [0.5, 0.6) is 11.5 Å². The van der Waals surface area contributed by atoms with Gasteiger partial charge in [-0.25, -0.2) is 0 Å². The molecular formula is C16H25NO4. The van der Waals surface area contributed by atoms with Crippen LogP contribution in [0.4, 0.5) is 0 Å². The molecular weight excluding hydrogens is 270 g/mol. The number of benzene rings is 1. The van der Waals surface area contributed by atoms with Crippen molar-refractivity contribution in [3.8, 4) is 11.5 Å². The van der Waals surface area contributed by atoms with Crippen molar-refractivity contribution in [1.29, 1.82) is 0 Å². The second kappa shape index (κ2) is 6.64. The number of rotatable bonds is 6. The van der Waals surface area contributed by atoms with Gasteiger partial charge in [0.2, 0.25) is 0 Å². The van der Waals surface area contributed by atoms with Gasteiger partial charge in [-0.15, -0.1) is 0 Å². The summed E-state index contributed by atoms with van der Waals surface area (Å²) in [6.45, 7) is 5.37. The molecule has 1 aromatic carbocycles. The van der Waals surface area contributed by atoms with Crippen LogP contribution in [0.1, 0.15) is 31.9 Å². The minimum Gasteiger partial charge on any atom is -0.497 e. The smallest absolute Gasteiger partial charge is 0.124 e. The van der Waals surface area contributed by atoms with E-state index in [4.69, 9.17) is 14.2 Å². The zero-order chi connectivity index (χ0) is 15.5. The van der Waals surface area contributed by atoms with Crippen molar-refractivity contribution in [3.05, 3.63) is 23.8 Å². The molecule has 3 unspecified atom stereocenters. The van der Waals surface area contributed by atoms with Gasteiger partial charge in [0.15, 0.2) is 0 Å². The van der Waals surface area contributed by atoms with Gasteiger partial charge in [-0.2, -0.15) is 0 Å². The fraction of sp³-hybridized carbons (Fsp3) is 0.625. The predicted octanol–water partition coefficient (Wildman–Crippen LogP) is 1.89. The molecule has 5 heteroatoms. The number of β-amino-alcohol motifs (C(OH)–C–C–N with tert-alkyl or cyclic N) is 1. The van der Waals surface area contributed by atoms with E-state index < -0.39 is 6.10 Å². The first kappa shape index (κ1) is 16.1. The van der Waals surface area contributed by atoms with Gasteiger partial charge in [-0.05, 0) is 38.5 Å². The molecule has 118 valence electrons. The highest BCUT2D eigenvalue weighted by molar-refractivity contribution is 5.41. The van der Waals surface area contributed by atoms with E-state index in [-0.39, 0.29) is 11.6 Å². The summed E-state index contributed by atoms with van der Waals surface area (Å²) < 4.78 is 16.1. The highest BCUT2D eigenvalue weighted by Gasteiger charge is 2.36. The molecule has 0 bridgehead atoms. The van der Waals surface area contributed by atoms with Crippen LogP contribution in [-0.2, 0) is 4.74 Å². The van der Waals surface area contributed by atoms with Crippen LogP contribution in [0, 0.1) is 0 Å². The van der Waals surface area contributed by atoms with Gasteiger partial charge in [0.05, 0.1) is 26.4 Å². The largest absolute Gasteiger partial charge is 0.497 e. The average molecular weight is 295 g/mol. The quantitative estimate of drug-likeness (QED) is 0.839. The van der Waals surface area contributed by atoms with Crippen LogP contribution in [0.2, 0.25) is 0 Å². The summed E-state index contributed by atoms with van der Waals surface area (Å²) in [5, 5.41) is 13.9. The van der Waals surface area contributed by atoms with E-state index in [0.29, 0.717) is 18.0 Å². The Morgan fingerprint density at radius 3 is 2.76 bits per heavy atom. The average Bonchev–Trinajstić information content (AvgIpc) is 2.84. The Morgan fingerprint density at radius 1 is 1.43 bits per heavy atom. The van der Waals surface area contributed by atoms with Gasteiger partial charge in [0.1, 0.15) is 11.5 Å². The molecule has 1 aromatic rings. The highest BCUT2D eigenvalue weighted by atomic mass is 16.5. The summed E-state index contributed by atoms with van der Waals surface area (Å²) in [5.74, 6) is 1.36. The third-order valence-electron chi connectivity index (χ3n) is 4.38. The zero-order valence-corrected chi connectivity index (χ0v) is 13.2. The van der Waals surface area contributed by atoms with Gasteiger partial charge in [0.25, 0.3) is 0 Å². The number of aliphatic hydroxyl groups excluding tert-OH is 1. The summed E-state index contributed by atoms with van der Waals surface area (Å²) in [6, 6.07) is 5.43. The van der Waals surface area contributed by atoms with E-state index >= 15 is 0 Å². The molecule has 1 saturated heterocycles. The van der Waals surface area contributed by atoms with E-state index in [9.17, 15) is 5.11 Å². The normalized spacial score (nSPS) is 26.6. The SMILES string of the molecule is COc1ccc(OC)c(C(O)CNC2(C)CCOC2C)c1. The topological polar surface area (TPSA) is 60.0 Å².